The summed E-state index contributed by atoms with van der Waals surface area (Å²) in [6.45, 7) is 6.98. The van der Waals surface area contributed by atoms with E-state index in [1.165, 1.54) is 5.56 Å². The van der Waals surface area contributed by atoms with E-state index < -0.39 is 0 Å². The largest absolute Gasteiger partial charge is 0.492 e. The van der Waals surface area contributed by atoms with Gasteiger partial charge in [0.05, 0.1) is 12.3 Å². The Balaban J connectivity index is 1.82. The lowest BCUT2D eigenvalue weighted by Gasteiger charge is -2.21. The van der Waals surface area contributed by atoms with Crippen LogP contribution in [-0.4, -0.2) is 12.6 Å². The molecule has 1 aromatic heterocycles. The quantitative estimate of drug-likeness (QED) is 0.825. The molecule has 3 nitrogen and oxygen atoms in total. The second kappa shape index (κ2) is 7.15. The lowest BCUT2D eigenvalue weighted by Crippen LogP contribution is -2.34. The molecule has 0 aliphatic rings. The van der Waals surface area contributed by atoms with E-state index in [0.29, 0.717) is 6.61 Å². The van der Waals surface area contributed by atoms with Gasteiger partial charge in [0.25, 0.3) is 0 Å². The smallest absolute Gasteiger partial charge is 0.120 e. The first-order valence-corrected chi connectivity index (χ1v) is 7.18. The fourth-order valence-electron chi connectivity index (χ4n) is 2.14. The fraction of sp³-hybridized carbons (Fsp3) is 0.412. The van der Waals surface area contributed by atoms with Crippen molar-refractivity contribution >= 4 is 0 Å². The molecule has 2 rings (SSSR count). The number of nitrogens with one attached hydrogen (secondary N) is 1. The summed E-state index contributed by atoms with van der Waals surface area (Å²) in [5, 5.41) is 3.53. The highest BCUT2D eigenvalue weighted by Crippen LogP contribution is 2.18. The molecule has 0 saturated carbocycles. The Hall–Kier alpha value is -1.74. The normalized spacial score (nSPS) is 13.9. The van der Waals surface area contributed by atoms with Crippen LogP contribution in [0.5, 0.6) is 5.75 Å². The van der Waals surface area contributed by atoms with Crippen LogP contribution >= 0.6 is 0 Å². The number of benzene rings is 1. The summed E-state index contributed by atoms with van der Waals surface area (Å²) in [4.78, 5) is 0. The molecule has 0 radical (unpaired) electrons. The summed E-state index contributed by atoms with van der Waals surface area (Å²) in [5.41, 5.74) is 1.24. The summed E-state index contributed by atoms with van der Waals surface area (Å²) < 4.78 is 11.3. The molecule has 0 fully saturated rings. The number of hydrogen-bond acceptors (Lipinski definition) is 3. The zero-order valence-corrected chi connectivity index (χ0v) is 12.4. The van der Waals surface area contributed by atoms with E-state index in [1.54, 1.807) is 6.26 Å². The maximum absolute atomic E-state index is 5.79. The van der Waals surface area contributed by atoms with Crippen molar-refractivity contribution in [1.82, 2.24) is 5.32 Å². The van der Waals surface area contributed by atoms with E-state index >= 15 is 0 Å². The highest BCUT2D eigenvalue weighted by Gasteiger charge is 2.15. The molecule has 0 amide bonds. The first-order chi connectivity index (χ1) is 9.69. The molecule has 0 aliphatic heterocycles. The van der Waals surface area contributed by atoms with Gasteiger partial charge in [-0.2, -0.15) is 0 Å². The third-order valence-corrected chi connectivity index (χ3v) is 3.30. The Bertz CT molecular complexity index is 490. The lowest BCUT2D eigenvalue weighted by molar-refractivity contribution is 0.252. The number of rotatable bonds is 7. The summed E-state index contributed by atoms with van der Waals surface area (Å²) in [6, 6.07) is 12.6. The zero-order valence-electron chi connectivity index (χ0n) is 12.4. The number of aryl methyl sites for hydroxylation is 1. The van der Waals surface area contributed by atoms with Gasteiger partial charge in [-0.1, -0.05) is 24.6 Å². The predicted octanol–water partition coefficient (Wildman–Crippen LogP) is 4.10. The minimum atomic E-state index is 0.238. The van der Waals surface area contributed by atoms with Gasteiger partial charge < -0.3 is 14.5 Å². The van der Waals surface area contributed by atoms with Gasteiger partial charge in [0.15, 0.2) is 0 Å². The molecule has 3 heteroatoms. The van der Waals surface area contributed by atoms with Crippen molar-refractivity contribution in [1.29, 1.82) is 0 Å². The fourth-order valence-corrected chi connectivity index (χ4v) is 2.14. The van der Waals surface area contributed by atoms with Crippen molar-refractivity contribution in [3.05, 3.63) is 54.0 Å². The van der Waals surface area contributed by atoms with Crippen LogP contribution in [0.4, 0.5) is 0 Å². The van der Waals surface area contributed by atoms with Gasteiger partial charge in [0.2, 0.25) is 0 Å². The molecule has 2 unspecified atom stereocenters. The van der Waals surface area contributed by atoms with Crippen LogP contribution in [0.15, 0.2) is 47.1 Å². The van der Waals surface area contributed by atoms with Crippen LogP contribution in [0.1, 0.15) is 37.6 Å². The van der Waals surface area contributed by atoms with Gasteiger partial charge in [-0.3, -0.25) is 0 Å². The topological polar surface area (TPSA) is 34.4 Å². The Kier molecular flexibility index (Phi) is 5.24. The van der Waals surface area contributed by atoms with Crippen LogP contribution in [0.3, 0.4) is 0 Å². The van der Waals surface area contributed by atoms with Crippen molar-refractivity contribution in [3.8, 4) is 5.75 Å². The first kappa shape index (κ1) is 14.7. The van der Waals surface area contributed by atoms with E-state index in [0.717, 1.165) is 17.9 Å². The Morgan fingerprint density at radius 1 is 1.20 bits per heavy atom. The Morgan fingerprint density at radius 2 is 1.95 bits per heavy atom. The molecule has 2 aromatic rings. The van der Waals surface area contributed by atoms with Crippen molar-refractivity contribution in [3.63, 3.8) is 0 Å². The van der Waals surface area contributed by atoms with E-state index in [4.69, 9.17) is 9.15 Å². The van der Waals surface area contributed by atoms with E-state index in [9.17, 15) is 0 Å². The summed E-state index contributed by atoms with van der Waals surface area (Å²) in [7, 11) is 0. The number of hydrogen-bond donors (Lipinski definition) is 1. The van der Waals surface area contributed by atoms with E-state index in [2.05, 4.69) is 38.2 Å². The second-order valence-electron chi connectivity index (χ2n) is 5.17. The number of furan rings is 1. The van der Waals surface area contributed by atoms with Crippen molar-refractivity contribution in [2.45, 2.75) is 39.3 Å². The Labute approximate surface area is 121 Å². The van der Waals surface area contributed by atoms with Gasteiger partial charge in [0, 0.05) is 6.04 Å². The predicted molar refractivity (Wildman–Crippen MR) is 81.0 cm³/mol. The average Bonchev–Trinajstić information content (AvgIpc) is 2.98. The zero-order chi connectivity index (χ0) is 14.4. The molecule has 0 aliphatic carbocycles. The molecule has 20 heavy (non-hydrogen) atoms. The summed E-state index contributed by atoms with van der Waals surface area (Å²) >= 11 is 0. The molecule has 1 aromatic carbocycles. The van der Waals surface area contributed by atoms with Crippen molar-refractivity contribution in [2.24, 2.45) is 0 Å². The molecule has 0 spiro atoms. The van der Waals surface area contributed by atoms with E-state index in [1.807, 2.05) is 24.3 Å². The molecule has 1 N–H and O–H groups in total. The monoisotopic (exact) mass is 273 g/mol. The maximum Gasteiger partial charge on any atom is 0.120 e. The lowest BCUT2D eigenvalue weighted by atomic mass is 10.1. The summed E-state index contributed by atoms with van der Waals surface area (Å²) in [5.74, 6) is 1.89. The van der Waals surface area contributed by atoms with Crippen molar-refractivity contribution < 1.29 is 9.15 Å². The van der Waals surface area contributed by atoms with E-state index in [-0.39, 0.29) is 12.1 Å². The first-order valence-electron chi connectivity index (χ1n) is 7.18. The van der Waals surface area contributed by atoms with Crippen LogP contribution < -0.4 is 10.1 Å². The highest BCUT2D eigenvalue weighted by molar-refractivity contribution is 5.26. The SMILES string of the molecule is CCC(NC(C)COc1ccc(C)cc1)c1ccco1. The second-order valence-corrected chi connectivity index (χ2v) is 5.17. The maximum atomic E-state index is 5.79. The van der Waals surface area contributed by atoms with Gasteiger partial charge in [-0.15, -0.1) is 0 Å². The number of ether oxygens (including phenoxy) is 1. The van der Waals surface area contributed by atoms with Gasteiger partial charge in [-0.05, 0) is 44.5 Å². The molecular formula is C17H23NO2. The van der Waals surface area contributed by atoms with Crippen LogP contribution in [-0.2, 0) is 0 Å². The molecule has 108 valence electrons. The third kappa shape index (κ3) is 4.14. The van der Waals surface area contributed by atoms with Gasteiger partial charge >= 0.3 is 0 Å². The van der Waals surface area contributed by atoms with Crippen molar-refractivity contribution in [2.75, 3.05) is 6.61 Å². The van der Waals surface area contributed by atoms with Gasteiger partial charge in [0.1, 0.15) is 18.1 Å². The molecule has 1 heterocycles. The highest BCUT2D eigenvalue weighted by atomic mass is 16.5. The molecule has 0 saturated heterocycles. The minimum absolute atomic E-state index is 0.238. The standard InChI is InChI=1S/C17H23NO2/c1-4-16(17-6-5-11-19-17)18-14(3)12-20-15-9-7-13(2)8-10-15/h5-11,14,16,18H,4,12H2,1-3H3. The van der Waals surface area contributed by atoms with Crippen LogP contribution in [0.2, 0.25) is 0 Å². The average molecular weight is 273 g/mol. The summed E-state index contributed by atoms with van der Waals surface area (Å²) in [6.07, 6.45) is 2.70. The molecule has 0 bridgehead atoms. The molecular weight excluding hydrogens is 250 g/mol. The van der Waals surface area contributed by atoms with Gasteiger partial charge in [-0.25, -0.2) is 0 Å². The van der Waals surface area contributed by atoms with Crippen LogP contribution in [0, 0.1) is 6.92 Å². The van der Waals surface area contributed by atoms with Crippen LogP contribution in [0.25, 0.3) is 0 Å². The third-order valence-electron chi connectivity index (χ3n) is 3.30. The molecule has 2 atom stereocenters. The Morgan fingerprint density at radius 3 is 2.55 bits per heavy atom. The minimum Gasteiger partial charge on any atom is -0.492 e.